The molecule has 0 atom stereocenters. The quantitative estimate of drug-likeness (QED) is 0.541. The Morgan fingerprint density at radius 3 is 2.23 bits per heavy atom. The van der Waals surface area contributed by atoms with Gasteiger partial charge in [0.2, 0.25) is 5.91 Å². The number of fused-ring (bicyclic) bond motifs is 1. The maximum atomic E-state index is 12.8. The number of amides is 1. The topological polar surface area (TPSA) is 69.7 Å². The minimum Gasteiger partial charge on any atom is -0.369 e. The SMILES string of the molecule is O=C(CS(=O)(=O)c1ccc2ccccc2c1)Nc1ccc(N2CCN(C3CCCCC3)CC2)cc1. The number of carbonyl (C=O) groups is 1. The van der Waals surface area contributed by atoms with Gasteiger partial charge in [0.15, 0.2) is 9.84 Å². The number of anilines is 2. The minimum atomic E-state index is -3.74. The highest BCUT2D eigenvalue weighted by atomic mass is 32.2. The summed E-state index contributed by atoms with van der Waals surface area (Å²) in [6.07, 6.45) is 6.79. The molecule has 184 valence electrons. The van der Waals surface area contributed by atoms with E-state index in [1.54, 1.807) is 18.2 Å². The molecule has 1 aliphatic carbocycles. The molecular weight excluding hydrogens is 458 g/mol. The van der Waals surface area contributed by atoms with E-state index in [-0.39, 0.29) is 4.90 Å². The van der Waals surface area contributed by atoms with Gasteiger partial charge in [-0.1, -0.05) is 49.6 Å². The Hall–Kier alpha value is -2.90. The van der Waals surface area contributed by atoms with Crippen molar-refractivity contribution in [1.29, 1.82) is 0 Å². The molecule has 1 saturated carbocycles. The number of rotatable bonds is 6. The number of hydrogen-bond donors (Lipinski definition) is 1. The summed E-state index contributed by atoms with van der Waals surface area (Å²) in [5.74, 6) is -1.12. The summed E-state index contributed by atoms with van der Waals surface area (Å²) < 4.78 is 25.6. The van der Waals surface area contributed by atoms with Crippen molar-refractivity contribution in [2.75, 3.05) is 42.1 Å². The summed E-state index contributed by atoms with van der Waals surface area (Å²) in [6.45, 7) is 4.20. The summed E-state index contributed by atoms with van der Waals surface area (Å²) in [6, 6.07) is 21.0. The van der Waals surface area contributed by atoms with Crippen LogP contribution in [-0.2, 0) is 14.6 Å². The van der Waals surface area contributed by atoms with E-state index < -0.39 is 21.5 Å². The first kappa shape index (κ1) is 23.8. The summed E-state index contributed by atoms with van der Waals surface area (Å²) in [5, 5.41) is 4.54. The van der Waals surface area contributed by atoms with Gasteiger partial charge in [0.25, 0.3) is 0 Å². The van der Waals surface area contributed by atoms with Gasteiger partial charge in [-0.25, -0.2) is 8.42 Å². The fourth-order valence-corrected chi connectivity index (χ4v) is 6.53. The number of nitrogens with one attached hydrogen (secondary N) is 1. The Labute approximate surface area is 207 Å². The molecular formula is C28H33N3O3S. The molecule has 0 radical (unpaired) electrons. The normalized spacial score (nSPS) is 18.0. The van der Waals surface area contributed by atoms with E-state index in [0.717, 1.165) is 48.7 Å². The van der Waals surface area contributed by atoms with E-state index in [0.29, 0.717) is 5.69 Å². The lowest BCUT2D eigenvalue weighted by atomic mass is 9.94. The first-order chi connectivity index (χ1) is 17.0. The first-order valence-corrected chi connectivity index (χ1v) is 14.2. The molecule has 35 heavy (non-hydrogen) atoms. The predicted octanol–water partition coefficient (Wildman–Crippen LogP) is 4.71. The largest absolute Gasteiger partial charge is 0.369 e. The van der Waals surface area contributed by atoms with Gasteiger partial charge in [-0.05, 0) is 60.0 Å². The van der Waals surface area contributed by atoms with Crippen LogP contribution in [0, 0.1) is 0 Å². The van der Waals surface area contributed by atoms with Crippen LogP contribution < -0.4 is 10.2 Å². The third-order valence-electron chi connectivity index (χ3n) is 7.32. The van der Waals surface area contributed by atoms with Crippen LogP contribution >= 0.6 is 0 Å². The lowest BCUT2D eigenvalue weighted by molar-refractivity contribution is -0.113. The Bertz CT molecular complexity index is 1280. The van der Waals surface area contributed by atoms with Gasteiger partial charge >= 0.3 is 0 Å². The van der Waals surface area contributed by atoms with Crippen LogP contribution in [-0.4, -0.2) is 57.2 Å². The first-order valence-electron chi connectivity index (χ1n) is 12.6. The molecule has 5 rings (SSSR count). The van der Waals surface area contributed by atoms with Crippen molar-refractivity contribution in [2.45, 2.75) is 43.0 Å². The Morgan fingerprint density at radius 2 is 1.51 bits per heavy atom. The zero-order chi connectivity index (χ0) is 24.3. The average molecular weight is 492 g/mol. The summed E-state index contributed by atoms with van der Waals surface area (Å²) in [4.78, 5) is 17.7. The Balaban J connectivity index is 1.16. The van der Waals surface area contributed by atoms with Crippen LogP contribution in [0.15, 0.2) is 71.6 Å². The van der Waals surface area contributed by atoms with Crippen LogP contribution in [0.2, 0.25) is 0 Å². The van der Waals surface area contributed by atoms with Crippen LogP contribution in [0.1, 0.15) is 32.1 Å². The van der Waals surface area contributed by atoms with Gasteiger partial charge in [0.1, 0.15) is 5.75 Å². The standard InChI is InChI=1S/C28H33N3O3S/c32-28(21-35(33,34)27-15-10-22-6-4-5-7-23(22)20-27)29-24-11-13-26(14-12-24)31-18-16-30(17-19-31)25-8-2-1-3-9-25/h4-7,10-15,20,25H,1-3,8-9,16-19,21H2,(H,29,32). The highest BCUT2D eigenvalue weighted by Crippen LogP contribution is 2.26. The molecule has 1 heterocycles. The monoisotopic (exact) mass is 491 g/mol. The molecule has 0 unspecified atom stereocenters. The van der Waals surface area contributed by atoms with Gasteiger partial charge in [-0.15, -0.1) is 0 Å². The van der Waals surface area contributed by atoms with Crippen molar-refractivity contribution in [1.82, 2.24) is 4.90 Å². The van der Waals surface area contributed by atoms with E-state index in [9.17, 15) is 13.2 Å². The van der Waals surface area contributed by atoms with Crippen LogP contribution in [0.4, 0.5) is 11.4 Å². The smallest absolute Gasteiger partial charge is 0.239 e. The fourth-order valence-electron chi connectivity index (χ4n) is 5.36. The number of hydrogen-bond acceptors (Lipinski definition) is 5. The summed E-state index contributed by atoms with van der Waals surface area (Å²) in [5.41, 5.74) is 1.74. The third-order valence-corrected chi connectivity index (χ3v) is 8.94. The van der Waals surface area contributed by atoms with Crippen molar-refractivity contribution < 1.29 is 13.2 Å². The third kappa shape index (κ3) is 5.68. The van der Waals surface area contributed by atoms with E-state index in [1.165, 1.54) is 32.1 Å². The predicted molar refractivity (Wildman–Crippen MR) is 142 cm³/mol. The number of carbonyl (C=O) groups excluding carboxylic acids is 1. The lowest BCUT2D eigenvalue weighted by Gasteiger charge is -2.41. The van der Waals surface area contributed by atoms with Gasteiger partial charge < -0.3 is 10.2 Å². The summed E-state index contributed by atoms with van der Waals surface area (Å²) in [7, 11) is -3.74. The maximum absolute atomic E-state index is 12.8. The lowest BCUT2D eigenvalue weighted by Crippen LogP contribution is -2.50. The number of benzene rings is 3. The Kier molecular flexibility index (Phi) is 7.07. The molecule has 2 fully saturated rings. The zero-order valence-corrected chi connectivity index (χ0v) is 20.8. The van der Waals surface area contributed by atoms with Gasteiger partial charge in [-0.2, -0.15) is 0 Å². The molecule has 7 heteroatoms. The maximum Gasteiger partial charge on any atom is 0.239 e. The second kappa shape index (κ2) is 10.4. The highest BCUT2D eigenvalue weighted by Gasteiger charge is 2.25. The number of nitrogens with zero attached hydrogens (tertiary/aromatic N) is 2. The van der Waals surface area contributed by atoms with Crippen LogP contribution in [0.3, 0.4) is 0 Å². The molecule has 1 saturated heterocycles. The van der Waals surface area contributed by atoms with Gasteiger partial charge in [-0.3, -0.25) is 9.69 Å². The zero-order valence-electron chi connectivity index (χ0n) is 20.0. The van der Waals surface area contributed by atoms with E-state index in [1.807, 2.05) is 48.5 Å². The second-order valence-electron chi connectivity index (χ2n) is 9.68. The van der Waals surface area contributed by atoms with E-state index in [2.05, 4.69) is 15.1 Å². The molecule has 2 aliphatic rings. The van der Waals surface area contributed by atoms with Crippen molar-refractivity contribution in [2.24, 2.45) is 0 Å². The van der Waals surface area contributed by atoms with Crippen LogP contribution in [0.25, 0.3) is 10.8 Å². The molecule has 0 bridgehead atoms. The van der Waals surface area contributed by atoms with Gasteiger partial charge in [0.05, 0.1) is 4.90 Å². The number of piperazine rings is 1. The fraction of sp³-hybridized carbons (Fsp3) is 0.393. The van der Waals surface area contributed by atoms with Crippen molar-refractivity contribution in [3.05, 3.63) is 66.7 Å². The summed E-state index contributed by atoms with van der Waals surface area (Å²) >= 11 is 0. The molecule has 3 aromatic carbocycles. The highest BCUT2D eigenvalue weighted by molar-refractivity contribution is 7.92. The molecule has 1 aliphatic heterocycles. The number of sulfone groups is 1. The van der Waals surface area contributed by atoms with Crippen molar-refractivity contribution in [3.63, 3.8) is 0 Å². The van der Waals surface area contributed by atoms with Crippen molar-refractivity contribution in [3.8, 4) is 0 Å². The van der Waals surface area contributed by atoms with E-state index in [4.69, 9.17) is 0 Å². The average Bonchev–Trinajstić information content (AvgIpc) is 2.89. The van der Waals surface area contributed by atoms with Crippen molar-refractivity contribution >= 4 is 37.9 Å². The molecule has 3 aromatic rings. The van der Waals surface area contributed by atoms with Gasteiger partial charge in [0, 0.05) is 43.6 Å². The molecule has 0 aromatic heterocycles. The Morgan fingerprint density at radius 1 is 0.829 bits per heavy atom. The second-order valence-corrected chi connectivity index (χ2v) is 11.7. The molecule has 0 spiro atoms. The molecule has 1 N–H and O–H groups in total. The minimum absolute atomic E-state index is 0.161. The van der Waals surface area contributed by atoms with Crippen LogP contribution in [0.5, 0.6) is 0 Å². The van der Waals surface area contributed by atoms with E-state index >= 15 is 0 Å². The molecule has 6 nitrogen and oxygen atoms in total. The molecule has 1 amide bonds.